The van der Waals surface area contributed by atoms with E-state index in [4.69, 9.17) is 10.8 Å². The first-order chi connectivity index (χ1) is 12.7. The largest absolute Gasteiger partial charge is 0.480 e. The van der Waals surface area contributed by atoms with Crippen LogP contribution in [0.2, 0.25) is 0 Å². The fourth-order valence-electron chi connectivity index (χ4n) is 5.69. The topological polar surface area (TPSA) is 104 Å². The normalized spacial score (nSPS) is 36.6. The lowest BCUT2D eigenvalue weighted by molar-refractivity contribution is -0.138. The smallest absolute Gasteiger partial charge is 0.320 e. The van der Waals surface area contributed by atoms with Gasteiger partial charge in [-0.15, -0.1) is 0 Å². The molecule has 1 saturated heterocycles. The molecule has 0 aromatic rings. The molecule has 2 saturated carbocycles. The number of hydrogen-bond donors (Lipinski definition) is 4. The van der Waals surface area contributed by atoms with E-state index in [-0.39, 0.29) is 17.0 Å². The summed E-state index contributed by atoms with van der Waals surface area (Å²) in [5, 5.41) is 16.4. The van der Waals surface area contributed by atoms with Crippen molar-refractivity contribution in [3.63, 3.8) is 0 Å². The zero-order valence-electron chi connectivity index (χ0n) is 16.9. The van der Waals surface area contributed by atoms with Gasteiger partial charge in [0.2, 0.25) is 0 Å². The third kappa shape index (κ3) is 4.54. The zero-order chi connectivity index (χ0) is 19.7. The molecule has 0 aromatic carbocycles. The Morgan fingerprint density at radius 3 is 2.85 bits per heavy atom. The van der Waals surface area contributed by atoms with Crippen molar-refractivity contribution in [3.05, 3.63) is 0 Å². The number of rotatable bonds is 7. The number of hydrogen-bond acceptors (Lipinski definition) is 5. The second kappa shape index (κ2) is 8.18. The molecule has 5 atom stereocenters. The van der Waals surface area contributed by atoms with Gasteiger partial charge in [-0.2, -0.15) is 0 Å². The number of Topliss-reactive ketones (excluding diaryl/α,β-unsaturated/α-hetero) is 1. The van der Waals surface area contributed by atoms with E-state index in [0.717, 1.165) is 57.9 Å². The highest BCUT2D eigenvalue weighted by molar-refractivity contribution is 5.91. The summed E-state index contributed by atoms with van der Waals surface area (Å²) in [6, 6.07) is -0.307. The number of carbonyl (C=O) groups is 2. The Balaban J connectivity index is 1.66. The molecule has 1 aliphatic heterocycles. The van der Waals surface area contributed by atoms with Crippen molar-refractivity contribution in [3.8, 4) is 0 Å². The van der Waals surface area contributed by atoms with E-state index in [1.807, 2.05) is 0 Å². The fourth-order valence-corrected chi connectivity index (χ4v) is 5.69. The van der Waals surface area contributed by atoms with E-state index in [0.29, 0.717) is 24.2 Å². The first-order valence-corrected chi connectivity index (χ1v) is 10.8. The van der Waals surface area contributed by atoms with Crippen LogP contribution in [0.1, 0.15) is 78.1 Å². The molecule has 0 spiro atoms. The Morgan fingerprint density at radius 1 is 1.33 bits per heavy atom. The van der Waals surface area contributed by atoms with Crippen LogP contribution in [0.4, 0.5) is 0 Å². The van der Waals surface area contributed by atoms with E-state index in [2.05, 4.69) is 24.5 Å². The number of nitrogens with one attached hydrogen (secondary N) is 2. The van der Waals surface area contributed by atoms with Crippen LogP contribution in [-0.2, 0) is 9.59 Å². The summed E-state index contributed by atoms with van der Waals surface area (Å²) in [5.41, 5.74) is 5.26. The lowest BCUT2D eigenvalue weighted by atomic mass is 9.66. The number of carboxylic acid groups (broad SMARTS) is 1. The Kier molecular flexibility index (Phi) is 6.28. The summed E-state index contributed by atoms with van der Waals surface area (Å²) in [4.78, 5) is 24.4. The van der Waals surface area contributed by atoms with Crippen molar-refractivity contribution in [1.82, 2.24) is 10.6 Å². The van der Waals surface area contributed by atoms with Gasteiger partial charge in [0.1, 0.15) is 6.04 Å². The van der Waals surface area contributed by atoms with Gasteiger partial charge in [-0.25, -0.2) is 0 Å². The van der Waals surface area contributed by atoms with Crippen LogP contribution in [0, 0.1) is 11.8 Å². The van der Waals surface area contributed by atoms with Gasteiger partial charge in [-0.1, -0.05) is 12.8 Å². The summed E-state index contributed by atoms with van der Waals surface area (Å²) in [6.07, 6.45) is 9.34. The standard InChI is InChI=1S/C21H37N3O3/c1-20(2)15-6-5-10-21(13-15,18(25)14-8-9-16(12-14)24-20)23-11-4-3-7-17(22)19(26)27/h14-17,23-24H,3-13,22H2,1-2H3,(H,26,27)/t14-,15-,16+,17+,21?/m1/s1. The lowest BCUT2D eigenvalue weighted by Gasteiger charge is -2.47. The minimum Gasteiger partial charge on any atom is -0.480 e. The SMILES string of the molecule is CC1(C)N[C@H]2CC[C@H](C2)C(=O)C2(NCCCC[C@H](N)C(=O)O)CCC[C@@H]1C2. The van der Waals surface area contributed by atoms with Crippen LogP contribution in [0.25, 0.3) is 0 Å². The minimum atomic E-state index is -0.936. The number of carbonyl (C=O) groups excluding carboxylic acids is 1. The summed E-state index contributed by atoms with van der Waals surface area (Å²) in [5.74, 6) is 0.190. The van der Waals surface area contributed by atoms with Gasteiger partial charge in [-0.05, 0) is 77.7 Å². The Labute approximate surface area is 163 Å². The highest BCUT2D eigenvalue weighted by Crippen LogP contribution is 2.44. The average molecular weight is 380 g/mol. The van der Waals surface area contributed by atoms with Crippen molar-refractivity contribution in [2.24, 2.45) is 17.6 Å². The minimum absolute atomic E-state index is 0.0613. The van der Waals surface area contributed by atoms with Crippen LogP contribution >= 0.6 is 0 Å². The van der Waals surface area contributed by atoms with Crippen LogP contribution in [0.5, 0.6) is 0 Å². The average Bonchev–Trinajstić information content (AvgIpc) is 3.08. The van der Waals surface area contributed by atoms with E-state index in [9.17, 15) is 9.59 Å². The van der Waals surface area contributed by atoms with Crippen LogP contribution in [0.3, 0.4) is 0 Å². The molecule has 27 heavy (non-hydrogen) atoms. The van der Waals surface area contributed by atoms with Crippen molar-refractivity contribution >= 4 is 11.8 Å². The summed E-state index contributed by atoms with van der Waals surface area (Å²) < 4.78 is 0. The second-order valence-corrected chi connectivity index (χ2v) is 9.68. The van der Waals surface area contributed by atoms with Gasteiger partial charge in [0.25, 0.3) is 0 Å². The maximum absolute atomic E-state index is 13.5. The highest BCUT2D eigenvalue weighted by atomic mass is 16.4. The van der Waals surface area contributed by atoms with Gasteiger partial charge < -0.3 is 21.5 Å². The number of nitrogens with two attached hydrogens (primary N) is 1. The first kappa shape index (κ1) is 20.7. The van der Waals surface area contributed by atoms with E-state index < -0.39 is 12.0 Å². The Bertz CT molecular complexity index is 565. The van der Waals surface area contributed by atoms with Crippen molar-refractivity contribution in [2.75, 3.05) is 6.54 Å². The maximum atomic E-state index is 13.5. The number of fused-ring (bicyclic) bond motifs is 4. The third-order valence-corrected chi connectivity index (χ3v) is 7.35. The van der Waals surface area contributed by atoms with Gasteiger partial charge in [0.15, 0.2) is 5.78 Å². The maximum Gasteiger partial charge on any atom is 0.320 e. The molecule has 0 aromatic heterocycles. The van der Waals surface area contributed by atoms with Crippen LogP contribution in [0.15, 0.2) is 0 Å². The summed E-state index contributed by atoms with van der Waals surface area (Å²) in [6.45, 7) is 5.38. The number of carboxylic acids is 1. The Hall–Kier alpha value is -0.980. The number of ketones is 1. The molecule has 4 bridgehead atoms. The molecule has 2 aliphatic carbocycles. The Morgan fingerprint density at radius 2 is 2.11 bits per heavy atom. The molecule has 6 heteroatoms. The predicted molar refractivity (Wildman–Crippen MR) is 106 cm³/mol. The molecule has 1 heterocycles. The van der Waals surface area contributed by atoms with Gasteiger partial charge in [0, 0.05) is 17.5 Å². The molecule has 3 fully saturated rings. The molecule has 6 nitrogen and oxygen atoms in total. The van der Waals surface area contributed by atoms with Crippen molar-refractivity contribution < 1.29 is 14.7 Å². The van der Waals surface area contributed by atoms with E-state index in [1.54, 1.807) is 0 Å². The third-order valence-electron chi connectivity index (χ3n) is 7.35. The molecule has 154 valence electrons. The summed E-state index contributed by atoms with van der Waals surface area (Å²) >= 11 is 0. The molecular formula is C21H37N3O3. The monoisotopic (exact) mass is 379 g/mol. The van der Waals surface area contributed by atoms with Gasteiger partial charge in [0.05, 0.1) is 5.54 Å². The molecule has 0 radical (unpaired) electrons. The van der Waals surface area contributed by atoms with Gasteiger partial charge >= 0.3 is 5.97 Å². The molecule has 5 N–H and O–H groups in total. The van der Waals surface area contributed by atoms with Crippen molar-refractivity contribution in [1.29, 1.82) is 0 Å². The first-order valence-electron chi connectivity index (χ1n) is 10.8. The predicted octanol–water partition coefficient (Wildman–Crippen LogP) is 2.21. The second-order valence-electron chi connectivity index (χ2n) is 9.68. The van der Waals surface area contributed by atoms with Crippen molar-refractivity contribution in [2.45, 2.75) is 101 Å². The van der Waals surface area contributed by atoms with Crippen LogP contribution in [-0.4, -0.2) is 46.6 Å². The molecule has 0 amide bonds. The number of aliphatic carboxylic acids is 1. The highest BCUT2D eigenvalue weighted by Gasteiger charge is 2.51. The summed E-state index contributed by atoms with van der Waals surface area (Å²) in [7, 11) is 0. The molecular weight excluding hydrogens is 342 g/mol. The zero-order valence-corrected chi connectivity index (χ0v) is 16.9. The van der Waals surface area contributed by atoms with E-state index >= 15 is 0 Å². The van der Waals surface area contributed by atoms with Gasteiger partial charge in [-0.3, -0.25) is 9.59 Å². The van der Waals surface area contributed by atoms with Crippen LogP contribution < -0.4 is 16.4 Å². The molecule has 1 unspecified atom stereocenters. The van der Waals surface area contributed by atoms with E-state index in [1.165, 1.54) is 6.42 Å². The molecule has 3 rings (SSSR count). The lowest BCUT2D eigenvalue weighted by Crippen LogP contribution is -2.60. The fraction of sp³-hybridized carbons (Fsp3) is 0.905. The quantitative estimate of drug-likeness (QED) is 0.506. The molecule has 3 aliphatic rings. The number of unbranched alkanes of at least 4 members (excludes halogenated alkanes) is 1.